The molecular weight excluding hydrogens is 371 g/mol. The van der Waals surface area contributed by atoms with E-state index in [-0.39, 0.29) is 29.8 Å². The van der Waals surface area contributed by atoms with Gasteiger partial charge in [0.15, 0.2) is 5.69 Å². The fourth-order valence-corrected chi connectivity index (χ4v) is 3.12. The number of hydrogen-bond acceptors (Lipinski definition) is 3. The molecule has 0 unspecified atom stereocenters. The van der Waals surface area contributed by atoms with E-state index in [2.05, 4.69) is 17.2 Å². The average molecular weight is 396 g/mol. The zero-order valence-electron chi connectivity index (χ0n) is 16.7. The Kier molecular flexibility index (Phi) is 6.59. The number of rotatable bonds is 8. The second-order valence-electron chi connectivity index (χ2n) is 6.92. The van der Waals surface area contributed by atoms with Crippen LogP contribution in [0.15, 0.2) is 48.7 Å². The summed E-state index contributed by atoms with van der Waals surface area (Å²) in [6, 6.07) is 11.8. The average Bonchev–Trinajstić information content (AvgIpc) is 3.12. The number of nitrogens with one attached hydrogen (secondary N) is 1. The highest BCUT2D eigenvalue weighted by Gasteiger charge is 2.23. The SMILES string of the molecule is CCCCN(C)C(=O)c1nc(C(=O)NCCc2ccccc2F)n2ccccc12. The number of benzene rings is 1. The molecule has 6 nitrogen and oxygen atoms in total. The van der Waals surface area contributed by atoms with Gasteiger partial charge in [-0.15, -0.1) is 0 Å². The fourth-order valence-electron chi connectivity index (χ4n) is 3.12. The predicted molar refractivity (Wildman–Crippen MR) is 109 cm³/mol. The van der Waals surface area contributed by atoms with E-state index >= 15 is 0 Å². The highest BCUT2D eigenvalue weighted by atomic mass is 19.1. The topological polar surface area (TPSA) is 66.7 Å². The van der Waals surface area contributed by atoms with Gasteiger partial charge in [0.1, 0.15) is 5.82 Å². The standard InChI is InChI=1S/C22H25FN4O2/c1-3-4-14-26(2)22(29)19-18-11-7-8-15-27(18)20(25-19)21(28)24-13-12-16-9-5-6-10-17(16)23/h5-11,15H,3-4,12-14H2,1-2H3,(H,24,28). The van der Waals surface area contributed by atoms with Crippen LogP contribution in [-0.2, 0) is 6.42 Å². The van der Waals surface area contributed by atoms with Crippen molar-refractivity contribution in [3.8, 4) is 0 Å². The number of imidazole rings is 1. The zero-order chi connectivity index (χ0) is 20.8. The number of unbranched alkanes of at least 4 members (excludes halogenated alkanes) is 1. The Morgan fingerprint density at radius 2 is 1.93 bits per heavy atom. The zero-order valence-corrected chi connectivity index (χ0v) is 16.7. The van der Waals surface area contributed by atoms with Crippen molar-refractivity contribution >= 4 is 17.3 Å². The summed E-state index contributed by atoms with van der Waals surface area (Å²) in [7, 11) is 1.74. The highest BCUT2D eigenvalue weighted by Crippen LogP contribution is 2.15. The van der Waals surface area contributed by atoms with E-state index < -0.39 is 5.91 Å². The van der Waals surface area contributed by atoms with E-state index in [9.17, 15) is 14.0 Å². The van der Waals surface area contributed by atoms with Crippen LogP contribution in [-0.4, -0.2) is 46.2 Å². The van der Waals surface area contributed by atoms with E-state index in [0.29, 0.717) is 24.0 Å². The fraction of sp³-hybridized carbons (Fsp3) is 0.318. The van der Waals surface area contributed by atoms with Gasteiger partial charge in [-0.1, -0.05) is 37.6 Å². The van der Waals surface area contributed by atoms with Crippen molar-refractivity contribution in [2.45, 2.75) is 26.2 Å². The van der Waals surface area contributed by atoms with Crippen molar-refractivity contribution in [3.63, 3.8) is 0 Å². The number of pyridine rings is 1. The maximum Gasteiger partial charge on any atom is 0.287 e. The molecule has 152 valence electrons. The summed E-state index contributed by atoms with van der Waals surface area (Å²) in [5.74, 6) is -0.775. The van der Waals surface area contributed by atoms with Crippen molar-refractivity contribution in [1.82, 2.24) is 19.6 Å². The summed E-state index contributed by atoms with van der Waals surface area (Å²) in [5.41, 5.74) is 1.37. The lowest BCUT2D eigenvalue weighted by Crippen LogP contribution is -2.29. The molecule has 0 atom stereocenters. The quantitative estimate of drug-likeness (QED) is 0.635. The molecule has 0 saturated heterocycles. The van der Waals surface area contributed by atoms with E-state index in [4.69, 9.17) is 0 Å². The number of nitrogens with zero attached hydrogens (tertiary/aromatic N) is 3. The molecule has 0 aliphatic carbocycles. The minimum atomic E-state index is -0.405. The lowest BCUT2D eigenvalue weighted by Gasteiger charge is -2.15. The number of aromatic nitrogens is 2. The summed E-state index contributed by atoms with van der Waals surface area (Å²) in [6.45, 7) is 2.96. The van der Waals surface area contributed by atoms with Gasteiger partial charge < -0.3 is 10.2 Å². The molecule has 0 aliphatic rings. The number of amides is 2. The Morgan fingerprint density at radius 1 is 1.17 bits per heavy atom. The van der Waals surface area contributed by atoms with Gasteiger partial charge in [0.2, 0.25) is 5.82 Å². The predicted octanol–water partition coefficient (Wildman–Crippen LogP) is 3.32. The first-order chi connectivity index (χ1) is 14.0. The molecule has 2 heterocycles. The highest BCUT2D eigenvalue weighted by molar-refractivity contribution is 6.02. The molecular formula is C22H25FN4O2. The number of carbonyl (C=O) groups excluding carboxylic acids is 2. The molecule has 0 fully saturated rings. The lowest BCUT2D eigenvalue weighted by atomic mass is 10.1. The summed E-state index contributed by atoms with van der Waals surface area (Å²) in [5, 5.41) is 2.77. The molecule has 2 aromatic heterocycles. The molecule has 0 spiro atoms. The van der Waals surface area contributed by atoms with Crippen LogP contribution in [0.2, 0.25) is 0 Å². The van der Waals surface area contributed by atoms with Crippen molar-refractivity contribution in [1.29, 1.82) is 0 Å². The van der Waals surface area contributed by atoms with Gasteiger partial charge in [0.25, 0.3) is 11.8 Å². The lowest BCUT2D eigenvalue weighted by molar-refractivity contribution is 0.0790. The summed E-state index contributed by atoms with van der Waals surface area (Å²) in [4.78, 5) is 31.5. The van der Waals surface area contributed by atoms with Crippen LogP contribution in [0.5, 0.6) is 0 Å². The minimum Gasteiger partial charge on any atom is -0.349 e. The van der Waals surface area contributed by atoms with Crippen LogP contribution in [0.3, 0.4) is 0 Å². The van der Waals surface area contributed by atoms with Gasteiger partial charge in [0, 0.05) is 26.3 Å². The van der Waals surface area contributed by atoms with E-state index in [1.54, 1.807) is 58.9 Å². The van der Waals surface area contributed by atoms with Gasteiger partial charge in [-0.05, 0) is 36.6 Å². The first-order valence-corrected chi connectivity index (χ1v) is 9.77. The maximum absolute atomic E-state index is 13.7. The van der Waals surface area contributed by atoms with Gasteiger partial charge in [-0.2, -0.15) is 0 Å². The normalized spacial score (nSPS) is 10.9. The molecule has 29 heavy (non-hydrogen) atoms. The second kappa shape index (κ2) is 9.32. The van der Waals surface area contributed by atoms with Crippen LogP contribution in [0.1, 0.15) is 46.4 Å². The minimum absolute atomic E-state index is 0.140. The third-order valence-corrected chi connectivity index (χ3v) is 4.79. The maximum atomic E-state index is 13.7. The summed E-state index contributed by atoms with van der Waals surface area (Å²) < 4.78 is 15.3. The third kappa shape index (κ3) is 4.62. The van der Waals surface area contributed by atoms with Crippen molar-refractivity contribution in [2.75, 3.05) is 20.1 Å². The molecule has 0 bridgehead atoms. The molecule has 3 rings (SSSR count). The molecule has 1 N–H and O–H groups in total. The molecule has 1 aromatic carbocycles. The number of fused-ring (bicyclic) bond motifs is 1. The van der Waals surface area contributed by atoms with E-state index in [1.807, 2.05) is 0 Å². The van der Waals surface area contributed by atoms with Crippen molar-refractivity contribution in [3.05, 3.63) is 71.6 Å². The van der Waals surface area contributed by atoms with Crippen LogP contribution in [0.4, 0.5) is 4.39 Å². The Labute approximate surface area is 169 Å². The number of carbonyl (C=O) groups is 2. The van der Waals surface area contributed by atoms with Gasteiger partial charge in [-0.3, -0.25) is 14.0 Å². The molecule has 2 amide bonds. The van der Waals surface area contributed by atoms with Crippen LogP contribution in [0, 0.1) is 5.82 Å². The molecule has 3 aromatic rings. The Hall–Kier alpha value is -3.22. The Morgan fingerprint density at radius 3 is 2.69 bits per heavy atom. The first kappa shape index (κ1) is 20.5. The number of halogens is 1. The van der Waals surface area contributed by atoms with Crippen LogP contribution in [0.25, 0.3) is 5.52 Å². The monoisotopic (exact) mass is 396 g/mol. The van der Waals surface area contributed by atoms with E-state index in [0.717, 1.165) is 12.8 Å². The Bertz CT molecular complexity index is 1010. The molecule has 0 saturated carbocycles. The van der Waals surface area contributed by atoms with Crippen molar-refractivity contribution in [2.24, 2.45) is 0 Å². The molecule has 0 aliphatic heterocycles. The van der Waals surface area contributed by atoms with E-state index in [1.165, 1.54) is 6.07 Å². The number of hydrogen-bond donors (Lipinski definition) is 1. The van der Waals surface area contributed by atoms with Crippen LogP contribution >= 0.6 is 0 Å². The largest absolute Gasteiger partial charge is 0.349 e. The molecule has 0 radical (unpaired) electrons. The first-order valence-electron chi connectivity index (χ1n) is 9.77. The van der Waals surface area contributed by atoms with Crippen molar-refractivity contribution < 1.29 is 14.0 Å². The van der Waals surface area contributed by atoms with Gasteiger partial charge in [-0.25, -0.2) is 9.37 Å². The summed E-state index contributed by atoms with van der Waals surface area (Å²) >= 11 is 0. The third-order valence-electron chi connectivity index (χ3n) is 4.79. The second-order valence-corrected chi connectivity index (χ2v) is 6.92. The molecule has 7 heteroatoms. The Balaban J connectivity index is 1.77. The van der Waals surface area contributed by atoms with Crippen LogP contribution < -0.4 is 5.32 Å². The van der Waals surface area contributed by atoms with Gasteiger partial charge >= 0.3 is 0 Å². The summed E-state index contributed by atoms with van der Waals surface area (Å²) in [6.07, 6.45) is 3.96. The smallest absolute Gasteiger partial charge is 0.287 e. The van der Waals surface area contributed by atoms with Gasteiger partial charge in [0.05, 0.1) is 5.52 Å².